The van der Waals surface area contributed by atoms with Crippen molar-refractivity contribution in [3.05, 3.63) is 0 Å². The van der Waals surface area contributed by atoms with E-state index < -0.39 is 0 Å². The molecule has 0 aromatic carbocycles. The fourth-order valence-electron chi connectivity index (χ4n) is 3.21. The van der Waals surface area contributed by atoms with Crippen molar-refractivity contribution in [2.75, 3.05) is 0 Å². The molecule has 0 aromatic heterocycles. The average Bonchev–Trinajstić information content (AvgIpc) is 2.14. The van der Waals surface area contributed by atoms with Crippen molar-refractivity contribution < 1.29 is 0 Å². The Labute approximate surface area is 103 Å². The maximum Gasteiger partial charge on any atom is -0.0252 e. The van der Waals surface area contributed by atoms with Gasteiger partial charge in [0.15, 0.2) is 0 Å². The molecule has 0 atom stereocenters. The molecule has 0 spiro atoms. The van der Waals surface area contributed by atoms with E-state index in [1.165, 1.54) is 44.9 Å². The van der Waals surface area contributed by atoms with Gasteiger partial charge in [0.1, 0.15) is 0 Å². The minimum atomic E-state index is 0.428. The summed E-state index contributed by atoms with van der Waals surface area (Å²) in [7, 11) is 0. The molecule has 96 valence electrons. The van der Waals surface area contributed by atoms with Gasteiger partial charge in [0.05, 0.1) is 0 Å². The van der Waals surface area contributed by atoms with E-state index in [9.17, 15) is 0 Å². The van der Waals surface area contributed by atoms with Crippen molar-refractivity contribution in [1.82, 2.24) is 0 Å². The number of hydrogen-bond acceptors (Lipinski definition) is 0. The molecule has 1 rings (SSSR count). The predicted molar refractivity (Wildman–Crippen MR) is 73.7 cm³/mol. The summed E-state index contributed by atoms with van der Waals surface area (Å²) in [6, 6.07) is 0. The summed E-state index contributed by atoms with van der Waals surface area (Å²) in [4.78, 5) is 0. The third kappa shape index (κ3) is 2.63. The van der Waals surface area contributed by atoms with Crippen molar-refractivity contribution in [2.45, 2.75) is 86.5 Å². The van der Waals surface area contributed by atoms with Crippen LogP contribution in [0.15, 0.2) is 0 Å². The van der Waals surface area contributed by atoms with Gasteiger partial charge in [-0.05, 0) is 29.1 Å². The first-order chi connectivity index (χ1) is 7.21. The van der Waals surface area contributed by atoms with E-state index in [0.717, 1.165) is 0 Å². The van der Waals surface area contributed by atoms with E-state index in [1.807, 2.05) is 0 Å². The van der Waals surface area contributed by atoms with Crippen molar-refractivity contribution in [1.29, 1.82) is 0 Å². The molecule has 0 bridgehead atoms. The van der Waals surface area contributed by atoms with Crippen LogP contribution in [0.2, 0.25) is 0 Å². The van der Waals surface area contributed by atoms with Crippen molar-refractivity contribution in [2.24, 2.45) is 16.2 Å². The number of rotatable bonds is 0. The molecule has 0 amide bonds. The van der Waals surface area contributed by atoms with E-state index >= 15 is 0 Å². The topological polar surface area (TPSA) is 0 Å². The second-order valence-electron chi connectivity index (χ2n) is 7.66. The lowest BCUT2D eigenvalue weighted by atomic mass is 9.52. The SMILES string of the molecule is CC1(C)CCCCCCCC(C)(C)C1(C)C. The van der Waals surface area contributed by atoms with Gasteiger partial charge < -0.3 is 0 Å². The molecule has 0 unspecified atom stereocenters. The van der Waals surface area contributed by atoms with Crippen LogP contribution >= 0.6 is 0 Å². The summed E-state index contributed by atoms with van der Waals surface area (Å²) in [5.41, 5.74) is 1.36. The van der Waals surface area contributed by atoms with Gasteiger partial charge in [0.25, 0.3) is 0 Å². The Morgan fingerprint density at radius 3 is 1.19 bits per heavy atom. The van der Waals surface area contributed by atoms with Crippen LogP contribution < -0.4 is 0 Å². The Hall–Kier alpha value is 0. The molecule has 0 aromatic rings. The van der Waals surface area contributed by atoms with Gasteiger partial charge in [-0.2, -0.15) is 0 Å². The average molecular weight is 224 g/mol. The van der Waals surface area contributed by atoms with Gasteiger partial charge in [-0.15, -0.1) is 0 Å². The molecule has 1 aliphatic rings. The molecule has 0 nitrogen and oxygen atoms in total. The summed E-state index contributed by atoms with van der Waals surface area (Å²) in [5.74, 6) is 0. The lowest BCUT2D eigenvalue weighted by Crippen LogP contribution is -2.44. The van der Waals surface area contributed by atoms with Crippen LogP contribution in [0.25, 0.3) is 0 Å². The highest BCUT2D eigenvalue weighted by molar-refractivity contribution is 4.96. The van der Waals surface area contributed by atoms with Crippen LogP contribution in [-0.2, 0) is 0 Å². The van der Waals surface area contributed by atoms with Gasteiger partial charge in [-0.3, -0.25) is 0 Å². The summed E-state index contributed by atoms with van der Waals surface area (Å²) >= 11 is 0. The van der Waals surface area contributed by atoms with Gasteiger partial charge >= 0.3 is 0 Å². The standard InChI is InChI=1S/C16H32/c1-14(2)12-10-8-7-9-11-13-15(3,4)16(14,5)6/h7-13H2,1-6H3. The summed E-state index contributed by atoms with van der Waals surface area (Å²) in [6.45, 7) is 14.9. The maximum atomic E-state index is 2.49. The lowest BCUT2D eigenvalue weighted by molar-refractivity contribution is -0.0347. The highest BCUT2D eigenvalue weighted by Crippen LogP contribution is 2.55. The molecule has 0 heteroatoms. The van der Waals surface area contributed by atoms with Crippen LogP contribution in [0.1, 0.15) is 86.5 Å². The third-order valence-electron chi connectivity index (χ3n) is 5.99. The zero-order valence-corrected chi connectivity index (χ0v) is 12.4. The molecule has 0 heterocycles. The van der Waals surface area contributed by atoms with Crippen LogP contribution in [-0.4, -0.2) is 0 Å². The Morgan fingerprint density at radius 1 is 0.500 bits per heavy atom. The van der Waals surface area contributed by atoms with E-state index in [4.69, 9.17) is 0 Å². The summed E-state index contributed by atoms with van der Waals surface area (Å²) < 4.78 is 0. The predicted octanol–water partition coefficient (Wildman–Crippen LogP) is 5.81. The highest BCUT2D eigenvalue weighted by atomic mass is 14.5. The normalized spacial score (nSPS) is 29.6. The molecule has 1 saturated carbocycles. The molecule has 1 fully saturated rings. The van der Waals surface area contributed by atoms with Gasteiger partial charge in [-0.1, -0.05) is 73.6 Å². The van der Waals surface area contributed by atoms with Crippen LogP contribution in [0.5, 0.6) is 0 Å². The molecule has 0 radical (unpaired) electrons. The van der Waals surface area contributed by atoms with Gasteiger partial charge in [0, 0.05) is 0 Å². The van der Waals surface area contributed by atoms with E-state index in [0.29, 0.717) is 16.2 Å². The minimum absolute atomic E-state index is 0.428. The third-order valence-corrected chi connectivity index (χ3v) is 5.99. The minimum Gasteiger partial charge on any atom is -0.0594 e. The van der Waals surface area contributed by atoms with Gasteiger partial charge in [0.2, 0.25) is 0 Å². The van der Waals surface area contributed by atoms with E-state index in [2.05, 4.69) is 41.5 Å². The molecule has 16 heavy (non-hydrogen) atoms. The Balaban J connectivity index is 2.91. The first-order valence-corrected chi connectivity index (χ1v) is 7.21. The Bertz CT molecular complexity index is 198. The number of hydrogen-bond donors (Lipinski definition) is 0. The van der Waals surface area contributed by atoms with Gasteiger partial charge in [-0.25, -0.2) is 0 Å². The molecule has 0 aliphatic heterocycles. The molecule has 0 N–H and O–H groups in total. The maximum absolute atomic E-state index is 2.49. The van der Waals surface area contributed by atoms with Crippen molar-refractivity contribution in [3.8, 4) is 0 Å². The molecule has 0 saturated heterocycles. The van der Waals surface area contributed by atoms with E-state index in [-0.39, 0.29) is 0 Å². The first-order valence-electron chi connectivity index (χ1n) is 7.21. The Morgan fingerprint density at radius 2 is 0.812 bits per heavy atom. The van der Waals surface area contributed by atoms with E-state index in [1.54, 1.807) is 0 Å². The summed E-state index contributed by atoms with van der Waals surface area (Å²) in [6.07, 6.45) is 9.97. The monoisotopic (exact) mass is 224 g/mol. The van der Waals surface area contributed by atoms with Crippen molar-refractivity contribution in [3.63, 3.8) is 0 Å². The Kier molecular flexibility index (Phi) is 4.13. The second-order valence-corrected chi connectivity index (χ2v) is 7.66. The largest absolute Gasteiger partial charge is 0.0594 e. The zero-order chi connectivity index (χ0) is 12.4. The molecule has 1 aliphatic carbocycles. The second kappa shape index (κ2) is 4.70. The summed E-state index contributed by atoms with van der Waals surface area (Å²) in [5, 5.41) is 0. The quantitative estimate of drug-likeness (QED) is 0.487. The smallest absolute Gasteiger partial charge is 0.0252 e. The van der Waals surface area contributed by atoms with Crippen LogP contribution in [0.3, 0.4) is 0 Å². The van der Waals surface area contributed by atoms with Crippen molar-refractivity contribution >= 4 is 0 Å². The molecular formula is C16H32. The molecular weight excluding hydrogens is 192 g/mol. The fraction of sp³-hybridized carbons (Fsp3) is 1.00. The lowest BCUT2D eigenvalue weighted by Gasteiger charge is -2.53. The van der Waals surface area contributed by atoms with Crippen LogP contribution in [0.4, 0.5) is 0 Å². The first kappa shape index (κ1) is 14.1. The fourth-order valence-corrected chi connectivity index (χ4v) is 3.21. The highest BCUT2D eigenvalue weighted by Gasteiger charge is 2.46. The van der Waals surface area contributed by atoms with Crippen LogP contribution in [0, 0.1) is 16.2 Å². The zero-order valence-electron chi connectivity index (χ0n) is 12.4.